The van der Waals surface area contributed by atoms with Crippen molar-refractivity contribution in [3.63, 3.8) is 0 Å². The number of sulfonamides is 2. The molecule has 11 heteroatoms. The number of ether oxygens (including phenoxy) is 1. The molecule has 3 aromatic rings. The lowest BCUT2D eigenvalue weighted by Gasteiger charge is -2.26. The van der Waals surface area contributed by atoms with E-state index in [0.29, 0.717) is 30.2 Å². The molecule has 0 aliphatic carbocycles. The maximum absolute atomic E-state index is 13.4. The number of carbonyl (C=O) groups is 1. The second-order valence-corrected chi connectivity index (χ2v) is 12.4. The Morgan fingerprint density at radius 1 is 0.838 bits per heavy atom. The number of nitrogens with zero attached hydrogens (tertiary/aromatic N) is 2. The number of hydrogen-bond acceptors (Lipinski definition) is 6. The molecule has 9 nitrogen and oxygen atoms in total. The van der Waals surface area contributed by atoms with Crippen LogP contribution < -0.4 is 14.4 Å². The molecule has 4 rings (SSSR count). The minimum atomic E-state index is -4.05. The summed E-state index contributed by atoms with van der Waals surface area (Å²) in [5.41, 5.74) is 0.650. The van der Waals surface area contributed by atoms with E-state index >= 15 is 0 Å². The molecule has 1 aliphatic rings. The SMILES string of the molecule is COc1ccc(N(CC(=O)Nc2ccc(S(=O)(=O)N3CCCCC3)cc2)S(=O)(=O)c2ccccc2)cc1. The Morgan fingerprint density at radius 2 is 1.46 bits per heavy atom. The van der Waals surface area contributed by atoms with E-state index in [0.717, 1.165) is 23.6 Å². The zero-order valence-corrected chi connectivity index (χ0v) is 22.0. The van der Waals surface area contributed by atoms with Crippen LogP contribution in [0.2, 0.25) is 0 Å². The van der Waals surface area contributed by atoms with Crippen LogP contribution in [0.15, 0.2) is 88.7 Å². The number of methoxy groups -OCH3 is 1. The van der Waals surface area contributed by atoms with Gasteiger partial charge in [-0.2, -0.15) is 4.31 Å². The molecule has 1 heterocycles. The largest absolute Gasteiger partial charge is 0.497 e. The zero-order chi connectivity index (χ0) is 26.5. The first kappa shape index (κ1) is 26.6. The molecule has 1 saturated heterocycles. The van der Waals surface area contributed by atoms with Crippen LogP contribution in [0.1, 0.15) is 19.3 Å². The molecule has 1 amide bonds. The molecule has 0 aromatic heterocycles. The number of piperidine rings is 1. The lowest BCUT2D eigenvalue weighted by atomic mass is 10.2. The highest BCUT2D eigenvalue weighted by atomic mass is 32.2. The van der Waals surface area contributed by atoms with Crippen molar-refractivity contribution in [1.29, 1.82) is 0 Å². The van der Waals surface area contributed by atoms with Crippen LogP contribution in [-0.2, 0) is 24.8 Å². The summed E-state index contributed by atoms with van der Waals surface area (Å²) >= 11 is 0. The fraction of sp³-hybridized carbons (Fsp3) is 0.269. The van der Waals surface area contributed by atoms with Gasteiger partial charge in [0.15, 0.2) is 0 Å². The molecule has 0 atom stereocenters. The van der Waals surface area contributed by atoms with Gasteiger partial charge in [-0.3, -0.25) is 9.10 Å². The van der Waals surface area contributed by atoms with Gasteiger partial charge in [0.2, 0.25) is 15.9 Å². The highest BCUT2D eigenvalue weighted by Crippen LogP contribution is 2.26. The zero-order valence-electron chi connectivity index (χ0n) is 20.4. The van der Waals surface area contributed by atoms with Gasteiger partial charge in [0.05, 0.1) is 22.6 Å². The molecule has 1 fully saturated rings. The van der Waals surface area contributed by atoms with Crippen molar-refractivity contribution in [2.45, 2.75) is 29.1 Å². The van der Waals surface area contributed by atoms with Crippen LogP contribution in [0.25, 0.3) is 0 Å². The van der Waals surface area contributed by atoms with Crippen molar-refractivity contribution in [3.05, 3.63) is 78.9 Å². The summed E-state index contributed by atoms with van der Waals surface area (Å²) in [6, 6.07) is 20.1. The fourth-order valence-corrected chi connectivity index (χ4v) is 7.04. The van der Waals surface area contributed by atoms with E-state index in [2.05, 4.69) is 5.32 Å². The molecule has 1 aliphatic heterocycles. The quantitative estimate of drug-likeness (QED) is 0.440. The number of carbonyl (C=O) groups excluding carboxylic acids is 1. The van der Waals surface area contributed by atoms with Gasteiger partial charge in [0.1, 0.15) is 12.3 Å². The van der Waals surface area contributed by atoms with Gasteiger partial charge in [-0.05, 0) is 73.5 Å². The summed E-state index contributed by atoms with van der Waals surface area (Å²) in [5, 5.41) is 2.67. The molecule has 0 spiro atoms. The third kappa shape index (κ3) is 6.12. The van der Waals surface area contributed by atoms with Gasteiger partial charge in [-0.25, -0.2) is 16.8 Å². The Morgan fingerprint density at radius 3 is 2.05 bits per heavy atom. The molecular weight excluding hydrogens is 514 g/mol. The van der Waals surface area contributed by atoms with Gasteiger partial charge >= 0.3 is 0 Å². The third-order valence-corrected chi connectivity index (χ3v) is 9.77. The molecular formula is C26H29N3O6S2. The predicted molar refractivity (Wildman–Crippen MR) is 142 cm³/mol. The topological polar surface area (TPSA) is 113 Å². The fourth-order valence-electron chi connectivity index (χ4n) is 4.08. The molecule has 0 radical (unpaired) electrons. The van der Waals surface area contributed by atoms with Crippen molar-refractivity contribution < 1.29 is 26.4 Å². The third-order valence-electron chi connectivity index (χ3n) is 6.07. The second-order valence-electron chi connectivity index (χ2n) is 8.56. The molecule has 196 valence electrons. The van der Waals surface area contributed by atoms with Crippen LogP contribution in [0.3, 0.4) is 0 Å². The Balaban J connectivity index is 1.53. The first-order valence-electron chi connectivity index (χ1n) is 11.8. The minimum absolute atomic E-state index is 0.0471. The van der Waals surface area contributed by atoms with Gasteiger partial charge in [0, 0.05) is 18.8 Å². The number of benzene rings is 3. The second kappa shape index (κ2) is 11.3. The molecule has 0 saturated carbocycles. The van der Waals surface area contributed by atoms with Crippen LogP contribution in [-0.4, -0.2) is 53.8 Å². The van der Waals surface area contributed by atoms with Crippen molar-refractivity contribution in [2.75, 3.05) is 36.4 Å². The maximum Gasteiger partial charge on any atom is 0.264 e. The smallest absolute Gasteiger partial charge is 0.264 e. The molecule has 0 unspecified atom stereocenters. The maximum atomic E-state index is 13.4. The lowest BCUT2D eigenvalue weighted by Crippen LogP contribution is -2.38. The highest BCUT2D eigenvalue weighted by molar-refractivity contribution is 7.92. The average Bonchev–Trinajstić information content (AvgIpc) is 2.93. The standard InChI is InChI=1S/C26H29N3O6S2/c1-35-23-14-12-22(13-15-23)29(37(33,34)24-8-4-2-5-9-24)20-26(30)27-21-10-16-25(17-11-21)36(31,32)28-18-6-3-7-19-28/h2,4-5,8-17H,3,6-7,18-20H2,1H3,(H,27,30). The van der Waals surface area contributed by atoms with E-state index in [1.807, 2.05) is 0 Å². The molecule has 0 bridgehead atoms. The average molecular weight is 544 g/mol. The summed E-state index contributed by atoms with van der Waals surface area (Å²) in [5.74, 6) is -0.0354. The van der Waals surface area contributed by atoms with Crippen molar-refractivity contribution in [2.24, 2.45) is 0 Å². The molecule has 37 heavy (non-hydrogen) atoms. The number of rotatable bonds is 9. The van der Waals surface area contributed by atoms with Crippen molar-refractivity contribution in [3.8, 4) is 5.75 Å². The van der Waals surface area contributed by atoms with Crippen molar-refractivity contribution in [1.82, 2.24) is 4.31 Å². The van der Waals surface area contributed by atoms with Gasteiger partial charge in [-0.15, -0.1) is 0 Å². The lowest BCUT2D eigenvalue weighted by molar-refractivity contribution is -0.114. The van der Waals surface area contributed by atoms with Gasteiger partial charge in [0.25, 0.3) is 10.0 Å². The minimum Gasteiger partial charge on any atom is -0.497 e. The Hall–Kier alpha value is -3.41. The first-order chi connectivity index (χ1) is 17.7. The van der Waals surface area contributed by atoms with E-state index in [9.17, 15) is 21.6 Å². The number of nitrogens with one attached hydrogen (secondary N) is 1. The van der Waals surface area contributed by atoms with E-state index < -0.39 is 32.5 Å². The predicted octanol–water partition coefficient (Wildman–Crippen LogP) is 3.70. The van der Waals surface area contributed by atoms with Crippen LogP contribution in [0.4, 0.5) is 11.4 Å². The number of hydrogen-bond donors (Lipinski definition) is 1. The van der Waals surface area contributed by atoms with Crippen LogP contribution >= 0.6 is 0 Å². The van der Waals surface area contributed by atoms with Gasteiger partial charge in [-0.1, -0.05) is 24.6 Å². The number of amides is 1. The van der Waals surface area contributed by atoms with E-state index in [1.165, 1.54) is 47.8 Å². The van der Waals surface area contributed by atoms with Crippen molar-refractivity contribution >= 4 is 37.3 Å². The summed E-state index contributed by atoms with van der Waals surface area (Å²) in [7, 11) is -6.14. The summed E-state index contributed by atoms with van der Waals surface area (Å²) < 4.78 is 60.2. The highest BCUT2D eigenvalue weighted by Gasteiger charge is 2.28. The monoisotopic (exact) mass is 543 g/mol. The Kier molecular flexibility index (Phi) is 8.16. The van der Waals surface area contributed by atoms with Crippen LogP contribution in [0.5, 0.6) is 5.75 Å². The first-order valence-corrected chi connectivity index (χ1v) is 14.7. The number of anilines is 2. The van der Waals surface area contributed by atoms with E-state index in [1.54, 1.807) is 42.5 Å². The summed E-state index contributed by atoms with van der Waals surface area (Å²) in [6.07, 6.45) is 2.69. The van der Waals surface area contributed by atoms with E-state index in [4.69, 9.17) is 4.74 Å². The summed E-state index contributed by atoms with van der Waals surface area (Å²) in [6.45, 7) is 0.507. The van der Waals surface area contributed by atoms with Crippen LogP contribution in [0, 0.1) is 0 Å². The summed E-state index contributed by atoms with van der Waals surface area (Å²) in [4.78, 5) is 13.2. The molecule has 1 N–H and O–H groups in total. The Labute approximate surface area is 217 Å². The molecule has 3 aromatic carbocycles. The normalized spacial score (nSPS) is 14.6. The van der Waals surface area contributed by atoms with Gasteiger partial charge < -0.3 is 10.1 Å². The Bertz CT molecular complexity index is 1420. The van der Waals surface area contributed by atoms with E-state index in [-0.39, 0.29) is 9.79 Å².